The third-order valence-electron chi connectivity index (χ3n) is 4.65. The number of rotatable bonds is 8. The van der Waals surface area contributed by atoms with Gasteiger partial charge in [-0.15, -0.1) is 0 Å². The van der Waals surface area contributed by atoms with E-state index in [9.17, 15) is 14.4 Å². The summed E-state index contributed by atoms with van der Waals surface area (Å²) in [6.07, 6.45) is 1.05. The Bertz CT molecular complexity index is 1090. The molecule has 33 heavy (non-hydrogen) atoms. The van der Waals surface area contributed by atoms with Crippen molar-refractivity contribution in [3.05, 3.63) is 64.6 Å². The van der Waals surface area contributed by atoms with Crippen LogP contribution in [0.2, 0.25) is 0 Å². The second kappa shape index (κ2) is 10.8. The lowest BCUT2D eigenvalue weighted by atomic mass is 10.2. The molecule has 1 N–H and O–H groups in total. The van der Waals surface area contributed by atoms with Gasteiger partial charge in [-0.2, -0.15) is 0 Å². The van der Waals surface area contributed by atoms with E-state index in [1.54, 1.807) is 61.2 Å². The molecule has 8 nitrogen and oxygen atoms in total. The number of likely N-dealkylation sites (N-methyl/N-ethyl adjacent to an activating group) is 1. The molecule has 0 bridgehead atoms. The molecule has 1 fully saturated rings. The minimum absolute atomic E-state index is 0.153. The van der Waals surface area contributed by atoms with Gasteiger partial charge in [0.1, 0.15) is 5.75 Å². The molecule has 3 rings (SSSR count). The normalized spacial score (nSPS) is 16.8. The second-order valence-electron chi connectivity index (χ2n) is 6.99. The van der Waals surface area contributed by atoms with Crippen molar-refractivity contribution in [3.63, 3.8) is 0 Å². The average Bonchev–Trinajstić information content (AvgIpc) is 3.09. The van der Waals surface area contributed by atoms with Crippen molar-refractivity contribution in [1.29, 1.82) is 0 Å². The largest absolute Gasteiger partial charge is 0.479 e. The van der Waals surface area contributed by atoms with Crippen LogP contribution in [-0.4, -0.2) is 52.3 Å². The number of aromatic carboxylic acids is 1. The van der Waals surface area contributed by atoms with Crippen molar-refractivity contribution in [2.45, 2.75) is 26.9 Å². The van der Waals surface area contributed by atoms with Crippen LogP contribution in [0.4, 0.5) is 5.69 Å². The van der Waals surface area contributed by atoms with Gasteiger partial charge in [0, 0.05) is 6.54 Å². The third kappa shape index (κ3) is 6.01. The molecule has 9 heteroatoms. The monoisotopic (exact) mass is 468 g/mol. The Hall–Kier alpha value is -3.59. The van der Waals surface area contributed by atoms with Crippen LogP contribution in [0.15, 0.2) is 58.4 Å². The van der Waals surface area contributed by atoms with E-state index in [-0.39, 0.29) is 11.5 Å². The van der Waals surface area contributed by atoms with E-state index < -0.39 is 18.0 Å². The van der Waals surface area contributed by atoms with Gasteiger partial charge < -0.3 is 14.6 Å². The van der Waals surface area contributed by atoms with Crippen LogP contribution in [-0.2, 0) is 14.3 Å². The van der Waals surface area contributed by atoms with E-state index in [1.165, 1.54) is 23.9 Å². The summed E-state index contributed by atoms with van der Waals surface area (Å²) in [5.74, 6) is -1.07. The van der Waals surface area contributed by atoms with E-state index in [0.29, 0.717) is 34.7 Å². The van der Waals surface area contributed by atoms with Crippen molar-refractivity contribution in [2.24, 2.45) is 4.99 Å². The van der Waals surface area contributed by atoms with Gasteiger partial charge in [-0.05, 0) is 80.6 Å². The van der Waals surface area contributed by atoms with Crippen LogP contribution in [0.25, 0.3) is 6.08 Å². The number of amides is 1. The smallest absolute Gasteiger partial charge is 0.347 e. The van der Waals surface area contributed by atoms with Gasteiger partial charge in [-0.25, -0.2) is 14.6 Å². The zero-order valence-electron chi connectivity index (χ0n) is 18.5. The Morgan fingerprint density at radius 3 is 2.36 bits per heavy atom. The summed E-state index contributed by atoms with van der Waals surface area (Å²) in [4.78, 5) is 42.2. The standard InChI is InChI=1S/C24H24N2O6S/c1-4-26-21(27)20(33-24(26)25-18-10-8-17(9-11-18)22(28)29)14-16-6-12-19(13-7-16)32-15(3)23(30)31-5-2/h6-15H,4-5H2,1-3H3,(H,28,29)/b20-14+,25-24?/t15-/m0/s1. The maximum Gasteiger partial charge on any atom is 0.347 e. The number of nitrogens with zero attached hydrogens (tertiary/aromatic N) is 2. The molecule has 0 aromatic heterocycles. The first-order valence-electron chi connectivity index (χ1n) is 10.4. The number of thioether (sulfide) groups is 1. The first-order valence-corrected chi connectivity index (χ1v) is 11.2. The lowest BCUT2D eigenvalue weighted by Gasteiger charge is -2.13. The summed E-state index contributed by atoms with van der Waals surface area (Å²) in [7, 11) is 0. The molecule has 1 saturated heterocycles. The molecule has 172 valence electrons. The fourth-order valence-corrected chi connectivity index (χ4v) is 4.03. The first kappa shape index (κ1) is 24.1. The minimum atomic E-state index is -1.01. The molecule has 1 aliphatic heterocycles. The summed E-state index contributed by atoms with van der Waals surface area (Å²) < 4.78 is 10.5. The number of ether oxygens (including phenoxy) is 2. The highest BCUT2D eigenvalue weighted by atomic mass is 32.2. The highest BCUT2D eigenvalue weighted by molar-refractivity contribution is 8.18. The quantitative estimate of drug-likeness (QED) is 0.454. The lowest BCUT2D eigenvalue weighted by Crippen LogP contribution is -2.28. The van der Waals surface area contributed by atoms with Crippen LogP contribution in [0.5, 0.6) is 5.75 Å². The number of carbonyl (C=O) groups excluding carboxylic acids is 2. The number of hydrogen-bond donors (Lipinski definition) is 1. The van der Waals surface area contributed by atoms with Crippen LogP contribution in [0.3, 0.4) is 0 Å². The van der Waals surface area contributed by atoms with Gasteiger partial charge in [0.25, 0.3) is 5.91 Å². The predicted molar refractivity (Wildman–Crippen MR) is 127 cm³/mol. The molecule has 2 aromatic rings. The predicted octanol–water partition coefficient (Wildman–Crippen LogP) is 4.34. The van der Waals surface area contributed by atoms with E-state index >= 15 is 0 Å². The van der Waals surface area contributed by atoms with Crippen molar-refractivity contribution in [2.75, 3.05) is 13.2 Å². The first-order chi connectivity index (χ1) is 15.8. The summed E-state index contributed by atoms with van der Waals surface area (Å²) in [6.45, 7) is 5.96. The summed E-state index contributed by atoms with van der Waals surface area (Å²) in [6, 6.07) is 13.2. The molecular weight excluding hydrogens is 444 g/mol. The molecule has 0 radical (unpaired) electrons. The molecule has 1 amide bonds. The summed E-state index contributed by atoms with van der Waals surface area (Å²) >= 11 is 1.25. The number of carbonyl (C=O) groups is 3. The maximum atomic E-state index is 12.8. The van der Waals surface area contributed by atoms with Crippen LogP contribution in [0.1, 0.15) is 36.7 Å². The Morgan fingerprint density at radius 2 is 1.79 bits per heavy atom. The number of esters is 1. The number of benzene rings is 2. The fraction of sp³-hybridized carbons (Fsp3) is 0.250. The van der Waals surface area contributed by atoms with E-state index in [1.807, 2.05) is 6.92 Å². The third-order valence-corrected chi connectivity index (χ3v) is 5.66. The highest BCUT2D eigenvalue weighted by Crippen LogP contribution is 2.34. The minimum Gasteiger partial charge on any atom is -0.479 e. The van der Waals surface area contributed by atoms with Gasteiger partial charge >= 0.3 is 11.9 Å². The molecule has 1 aliphatic rings. The summed E-state index contributed by atoms with van der Waals surface area (Å²) in [5, 5.41) is 9.55. The molecular formula is C24H24N2O6S. The van der Waals surface area contributed by atoms with Crippen LogP contribution >= 0.6 is 11.8 Å². The van der Waals surface area contributed by atoms with E-state index in [2.05, 4.69) is 4.99 Å². The molecule has 1 heterocycles. The number of amidine groups is 1. The highest BCUT2D eigenvalue weighted by Gasteiger charge is 2.32. The Morgan fingerprint density at radius 1 is 1.12 bits per heavy atom. The van der Waals surface area contributed by atoms with Gasteiger partial charge in [-0.1, -0.05) is 12.1 Å². The van der Waals surface area contributed by atoms with E-state index in [0.717, 1.165) is 5.56 Å². The average molecular weight is 469 g/mol. The van der Waals surface area contributed by atoms with Crippen LogP contribution in [0, 0.1) is 0 Å². The maximum absolute atomic E-state index is 12.8. The number of aliphatic imine (C=N–C) groups is 1. The zero-order valence-corrected chi connectivity index (χ0v) is 19.3. The fourth-order valence-electron chi connectivity index (χ4n) is 2.97. The lowest BCUT2D eigenvalue weighted by molar-refractivity contribution is -0.150. The van der Waals surface area contributed by atoms with Crippen molar-refractivity contribution in [3.8, 4) is 5.75 Å². The summed E-state index contributed by atoms with van der Waals surface area (Å²) in [5.41, 5.74) is 1.53. The second-order valence-corrected chi connectivity index (χ2v) is 8.00. The van der Waals surface area contributed by atoms with Crippen molar-refractivity contribution >= 4 is 46.5 Å². The molecule has 0 unspecified atom stereocenters. The topological polar surface area (TPSA) is 106 Å². The molecule has 0 spiro atoms. The van der Waals surface area contributed by atoms with E-state index in [4.69, 9.17) is 14.6 Å². The Balaban J connectivity index is 1.75. The van der Waals surface area contributed by atoms with Gasteiger partial charge in [-0.3, -0.25) is 9.69 Å². The number of hydrogen-bond acceptors (Lipinski definition) is 7. The SMILES string of the molecule is CCOC(=O)[C@H](C)Oc1ccc(/C=C2/SC(=Nc3ccc(C(=O)O)cc3)N(CC)C2=O)cc1. The molecule has 0 saturated carbocycles. The van der Waals surface area contributed by atoms with Gasteiger partial charge in [0.2, 0.25) is 0 Å². The number of carboxylic acid groups (broad SMARTS) is 1. The number of carboxylic acids is 1. The Labute approximate surface area is 195 Å². The van der Waals surface area contributed by atoms with Gasteiger partial charge in [0.15, 0.2) is 11.3 Å². The Kier molecular flexibility index (Phi) is 7.89. The van der Waals surface area contributed by atoms with Crippen molar-refractivity contribution in [1.82, 2.24) is 4.90 Å². The molecule has 0 aliphatic carbocycles. The molecule has 2 aromatic carbocycles. The zero-order chi connectivity index (χ0) is 24.0. The van der Waals surface area contributed by atoms with Crippen LogP contribution < -0.4 is 4.74 Å². The van der Waals surface area contributed by atoms with Gasteiger partial charge in [0.05, 0.1) is 22.8 Å². The van der Waals surface area contributed by atoms with Crippen molar-refractivity contribution < 1.29 is 29.0 Å². The molecule has 1 atom stereocenters.